The third kappa shape index (κ3) is 3.07. The SMILES string of the molecule is NS(=O)(=O)c1ccc(-c2cc3cc(-c4ccccc4)ccc3o2)cc1. The molecule has 4 nitrogen and oxygen atoms in total. The molecule has 4 rings (SSSR count). The largest absolute Gasteiger partial charge is 0.456 e. The van der Waals surface area contributed by atoms with E-state index in [1.807, 2.05) is 36.4 Å². The zero-order valence-electron chi connectivity index (χ0n) is 13.2. The Hall–Kier alpha value is -2.89. The number of furan rings is 1. The van der Waals surface area contributed by atoms with E-state index in [4.69, 9.17) is 9.56 Å². The molecule has 0 aliphatic heterocycles. The molecule has 0 amide bonds. The molecule has 0 atom stereocenters. The Kier molecular flexibility index (Phi) is 3.67. The number of benzene rings is 3. The van der Waals surface area contributed by atoms with Crippen molar-refractivity contribution in [2.24, 2.45) is 5.14 Å². The van der Waals surface area contributed by atoms with Gasteiger partial charge in [-0.2, -0.15) is 0 Å². The van der Waals surface area contributed by atoms with Gasteiger partial charge in [0, 0.05) is 10.9 Å². The van der Waals surface area contributed by atoms with Crippen molar-refractivity contribution in [1.82, 2.24) is 0 Å². The third-order valence-corrected chi connectivity index (χ3v) is 5.02. The Bertz CT molecular complexity index is 1140. The van der Waals surface area contributed by atoms with E-state index in [1.165, 1.54) is 12.1 Å². The second-order valence-corrected chi connectivity index (χ2v) is 7.36. The third-order valence-electron chi connectivity index (χ3n) is 4.09. The average Bonchev–Trinajstić information content (AvgIpc) is 3.05. The summed E-state index contributed by atoms with van der Waals surface area (Å²) in [6.45, 7) is 0. The van der Waals surface area contributed by atoms with Crippen molar-refractivity contribution < 1.29 is 12.8 Å². The second-order valence-electron chi connectivity index (χ2n) is 5.80. The zero-order chi connectivity index (χ0) is 17.4. The fraction of sp³-hybridized carbons (Fsp3) is 0. The molecule has 0 saturated heterocycles. The molecule has 0 spiro atoms. The van der Waals surface area contributed by atoms with Crippen molar-refractivity contribution in [1.29, 1.82) is 0 Å². The van der Waals surface area contributed by atoms with Crippen LogP contribution in [0.4, 0.5) is 0 Å². The molecule has 2 N–H and O–H groups in total. The van der Waals surface area contributed by atoms with Crippen LogP contribution < -0.4 is 5.14 Å². The standard InChI is InChI=1S/C20H15NO3S/c21-25(22,23)18-9-6-15(7-10-18)20-13-17-12-16(8-11-19(17)24-20)14-4-2-1-3-5-14/h1-13H,(H2,21,22,23). The molecule has 3 aromatic carbocycles. The molecule has 124 valence electrons. The summed E-state index contributed by atoms with van der Waals surface area (Å²) in [4.78, 5) is 0.0822. The van der Waals surface area contributed by atoms with E-state index in [0.717, 1.165) is 27.7 Å². The highest BCUT2D eigenvalue weighted by molar-refractivity contribution is 7.89. The van der Waals surface area contributed by atoms with E-state index in [2.05, 4.69) is 18.2 Å². The number of fused-ring (bicyclic) bond motifs is 1. The number of primary sulfonamides is 1. The predicted molar refractivity (Wildman–Crippen MR) is 98.5 cm³/mol. The van der Waals surface area contributed by atoms with Crippen LogP contribution in [0.5, 0.6) is 0 Å². The van der Waals surface area contributed by atoms with E-state index >= 15 is 0 Å². The van der Waals surface area contributed by atoms with Crippen LogP contribution in [0.25, 0.3) is 33.4 Å². The predicted octanol–water partition coefficient (Wildman–Crippen LogP) is 4.41. The summed E-state index contributed by atoms with van der Waals surface area (Å²) < 4.78 is 28.6. The highest BCUT2D eigenvalue weighted by Crippen LogP contribution is 2.31. The minimum atomic E-state index is -3.69. The summed E-state index contributed by atoms with van der Waals surface area (Å²) >= 11 is 0. The van der Waals surface area contributed by atoms with Gasteiger partial charge in [-0.15, -0.1) is 0 Å². The van der Waals surface area contributed by atoms with Crippen LogP contribution >= 0.6 is 0 Å². The highest BCUT2D eigenvalue weighted by Gasteiger charge is 2.11. The first-order valence-electron chi connectivity index (χ1n) is 7.73. The first-order chi connectivity index (χ1) is 12.0. The summed E-state index contributed by atoms with van der Waals surface area (Å²) in [5.41, 5.74) is 3.84. The summed E-state index contributed by atoms with van der Waals surface area (Å²) in [6.07, 6.45) is 0. The number of hydrogen-bond donors (Lipinski definition) is 1. The van der Waals surface area contributed by atoms with Crippen LogP contribution in [0.1, 0.15) is 0 Å². The maximum Gasteiger partial charge on any atom is 0.238 e. The lowest BCUT2D eigenvalue weighted by Crippen LogP contribution is -2.11. The summed E-state index contributed by atoms with van der Waals surface area (Å²) in [5, 5.41) is 6.12. The number of hydrogen-bond acceptors (Lipinski definition) is 3. The summed E-state index contributed by atoms with van der Waals surface area (Å²) in [7, 11) is -3.69. The molecule has 0 aliphatic rings. The molecular weight excluding hydrogens is 334 g/mol. The van der Waals surface area contributed by atoms with Crippen LogP contribution in [0.2, 0.25) is 0 Å². The van der Waals surface area contributed by atoms with Gasteiger partial charge in [0.25, 0.3) is 0 Å². The normalized spacial score (nSPS) is 11.7. The Balaban J connectivity index is 1.74. The molecule has 0 aliphatic carbocycles. The minimum Gasteiger partial charge on any atom is -0.456 e. The monoisotopic (exact) mass is 349 g/mol. The molecule has 0 fully saturated rings. The molecule has 25 heavy (non-hydrogen) atoms. The van der Waals surface area contributed by atoms with Gasteiger partial charge in [-0.1, -0.05) is 36.4 Å². The molecule has 5 heteroatoms. The van der Waals surface area contributed by atoms with E-state index < -0.39 is 10.0 Å². The Morgan fingerprint density at radius 1 is 0.720 bits per heavy atom. The molecule has 0 bridgehead atoms. The Labute approximate surface area is 145 Å². The average molecular weight is 349 g/mol. The van der Waals surface area contributed by atoms with Crippen molar-refractivity contribution in [2.45, 2.75) is 4.90 Å². The van der Waals surface area contributed by atoms with Gasteiger partial charge in [0.1, 0.15) is 11.3 Å². The first-order valence-corrected chi connectivity index (χ1v) is 9.28. The molecule has 0 saturated carbocycles. The van der Waals surface area contributed by atoms with E-state index in [0.29, 0.717) is 5.76 Å². The van der Waals surface area contributed by atoms with Gasteiger partial charge in [0.05, 0.1) is 4.90 Å². The molecule has 4 aromatic rings. The van der Waals surface area contributed by atoms with Crippen molar-refractivity contribution in [2.75, 3.05) is 0 Å². The van der Waals surface area contributed by atoms with Gasteiger partial charge in [0.2, 0.25) is 10.0 Å². The highest BCUT2D eigenvalue weighted by atomic mass is 32.2. The fourth-order valence-electron chi connectivity index (χ4n) is 2.80. The van der Waals surface area contributed by atoms with E-state index in [9.17, 15) is 8.42 Å². The summed E-state index contributed by atoms with van der Waals surface area (Å²) in [6, 6.07) is 24.5. The lowest BCUT2D eigenvalue weighted by Gasteiger charge is -2.00. The fourth-order valence-corrected chi connectivity index (χ4v) is 3.32. The maximum absolute atomic E-state index is 11.3. The quantitative estimate of drug-likeness (QED) is 0.595. The summed E-state index contributed by atoms with van der Waals surface area (Å²) in [5.74, 6) is 0.682. The van der Waals surface area contributed by atoms with Gasteiger partial charge >= 0.3 is 0 Å². The van der Waals surface area contributed by atoms with Crippen LogP contribution in [0.3, 0.4) is 0 Å². The van der Waals surface area contributed by atoms with Gasteiger partial charge in [-0.25, -0.2) is 13.6 Å². The van der Waals surface area contributed by atoms with Crippen LogP contribution in [-0.2, 0) is 10.0 Å². The second kappa shape index (κ2) is 5.88. The first kappa shape index (κ1) is 15.6. The molecule has 1 heterocycles. The lowest BCUT2D eigenvalue weighted by atomic mass is 10.0. The molecule has 0 unspecified atom stereocenters. The number of sulfonamides is 1. The lowest BCUT2D eigenvalue weighted by molar-refractivity contribution is 0.597. The van der Waals surface area contributed by atoms with E-state index in [-0.39, 0.29) is 4.90 Å². The zero-order valence-corrected chi connectivity index (χ0v) is 14.0. The van der Waals surface area contributed by atoms with Gasteiger partial charge in [0.15, 0.2) is 0 Å². The topological polar surface area (TPSA) is 73.3 Å². The van der Waals surface area contributed by atoms with Crippen molar-refractivity contribution in [3.63, 3.8) is 0 Å². The van der Waals surface area contributed by atoms with E-state index in [1.54, 1.807) is 12.1 Å². The number of rotatable bonds is 3. The van der Waals surface area contributed by atoms with Gasteiger partial charge in [-0.3, -0.25) is 0 Å². The van der Waals surface area contributed by atoms with Crippen molar-refractivity contribution in [3.8, 4) is 22.5 Å². The molecule has 1 aromatic heterocycles. The van der Waals surface area contributed by atoms with Crippen molar-refractivity contribution in [3.05, 3.63) is 78.9 Å². The Morgan fingerprint density at radius 2 is 1.40 bits per heavy atom. The smallest absolute Gasteiger partial charge is 0.238 e. The molecular formula is C20H15NO3S. The van der Waals surface area contributed by atoms with Gasteiger partial charge < -0.3 is 4.42 Å². The Morgan fingerprint density at radius 3 is 2.08 bits per heavy atom. The minimum absolute atomic E-state index is 0.0822. The van der Waals surface area contributed by atoms with Crippen LogP contribution in [0, 0.1) is 0 Å². The van der Waals surface area contributed by atoms with Crippen LogP contribution in [0.15, 0.2) is 88.2 Å². The van der Waals surface area contributed by atoms with Crippen molar-refractivity contribution >= 4 is 21.0 Å². The maximum atomic E-state index is 11.3. The van der Waals surface area contributed by atoms with Gasteiger partial charge in [-0.05, 0) is 53.6 Å². The van der Waals surface area contributed by atoms with Crippen LogP contribution in [-0.4, -0.2) is 8.42 Å². The number of nitrogens with two attached hydrogens (primary N) is 1. The molecule has 0 radical (unpaired) electrons.